The molecular formula is C16H23F2NO. The quantitative estimate of drug-likeness (QED) is 0.866. The Morgan fingerprint density at radius 3 is 2.25 bits per heavy atom. The molecule has 0 spiro atoms. The molecule has 1 aromatic rings. The Bertz CT molecular complexity index is 471. The van der Waals surface area contributed by atoms with E-state index in [2.05, 4.69) is 37.7 Å². The third-order valence-electron chi connectivity index (χ3n) is 5.02. The van der Waals surface area contributed by atoms with Gasteiger partial charge in [0.25, 0.3) is 0 Å². The van der Waals surface area contributed by atoms with Crippen molar-refractivity contribution in [2.45, 2.75) is 53.3 Å². The Labute approximate surface area is 119 Å². The summed E-state index contributed by atoms with van der Waals surface area (Å²) in [5.41, 5.74) is 1.46. The summed E-state index contributed by atoms with van der Waals surface area (Å²) in [5, 5.41) is 3.59. The second kappa shape index (κ2) is 4.99. The molecule has 1 fully saturated rings. The lowest BCUT2D eigenvalue weighted by Gasteiger charge is -2.17. The highest BCUT2D eigenvalue weighted by Crippen LogP contribution is 2.63. The third kappa shape index (κ3) is 2.66. The lowest BCUT2D eigenvalue weighted by molar-refractivity contribution is -0.0499. The molecule has 1 unspecified atom stereocenters. The van der Waals surface area contributed by atoms with Gasteiger partial charge in [-0.05, 0) is 35.4 Å². The number of benzene rings is 1. The summed E-state index contributed by atoms with van der Waals surface area (Å²) in [6, 6.07) is 7.42. The molecule has 4 heteroatoms. The van der Waals surface area contributed by atoms with Crippen LogP contribution in [-0.2, 0) is 0 Å². The van der Waals surface area contributed by atoms with Gasteiger partial charge in [0.15, 0.2) is 0 Å². The molecule has 1 N–H and O–H groups in total. The van der Waals surface area contributed by atoms with Gasteiger partial charge in [0.05, 0.1) is 0 Å². The van der Waals surface area contributed by atoms with Crippen LogP contribution >= 0.6 is 0 Å². The molecule has 0 heterocycles. The molecule has 1 aliphatic rings. The third-order valence-corrected chi connectivity index (χ3v) is 5.02. The van der Waals surface area contributed by atoms with Crippen molar-refractivity contribution in [3.05, 3.63) is 29.8 Å². The SMILES string of the molecule is CC(NC1C(C)(C)C1(C)C)c1cccc(OC(F)F)c1. The Morgan fingerprint density at radius 2 is 1.75 bits per heavy atom. The van der Waals surface area contributed by atoms with Crippen LogP contribution in [0.3, 0.4) is 0 Å². The molecule has 0 aliphatic heterocycles. The monoisotopic (exact) mass is 283 g/mol. The molecule has 1 saturated carbocycles. The molecule has 0 amide bonds. The molecule has 1 atom stereocenters. The van der Waals surface area contributed by atoms with Crippen LogP contribution in [-0.4, -0.2) is 12.7 Å². The fraction of sp³-hybridized carbons (Fsp3) is 0.625. The van der Waals surface area contributed by atoms with Gasteiger partial charge in [0.1, 0.15) is 5.75 Å². The van der Waals surface area contributed by atoms with E-state index in [9.17, 15) is 8.78 Å². The van der Waals surface area contributed by atoms with Crippen molar-refractivity contribution in [3.8, 4) is 5.75 Å². The van der Waals surface area contributed by atoms with Crippen molar-refractivity contribution in [1.82, 2.24) is 5.32 Å². The summed E-state index contributed by atoms with van der Waals surface area (Å²) in [4.78, 5) is 0. The maximum absolute atomic E-state index is 12.2. The molecule has 2 nitrogen and oxygen atoms in total. The zero-order valence-electron chi connectivity index (χ0n) is 12.7. The summed E-state index contributed by atoms with van der Waals surface area (Å²) in [6.45, 7) is 8.24. The molecular weight excluding hydrogens is 260 g/mol. The van der Waals surface area contributed by atoms with Crippen LogP contribution in [0.2, 0.25) is 0 Å². The number of halogens is 2. The summed E-state index contributed by atoms with van der Waals surface area (Å²) in [7, 11) is 0. The van der Waals surface area contributed by atoms with Crippen LogP contribution < -0.4 is 10.1 Å². The first-order valence-corrected chi connectivity index (χ1v) is 6.97. The summed E-state index contributed by atoms with van der Waals surface area (Å²) in [5.74, 6) is 0.209. The van der Waals surface area contributed by atoms with Crippen molar-refractivity contribution in [2.75, 3.05) is 0 Å². The van der Waals surface area contributed by atoms with E-state index in [-0.39, 0.29) is 22.6 Å². The van der Waals surface area contributed by atoms with E-state index < -0.39 is 6.61 Å². The van der Waals surface area contributed by atoms with Gasteiger partial charge in [-0.15, -0.1) is 0 Å². The smallest absolute Gasteiger partial charge is 0.387 e. The van der Waals surface area contributed by atoms with Crippen molar-refractivity contribution in [3.63, 3.8) is 0 Å². The first-order valence-electron chi connectivity index (χ1n) is 6.97. The van der Waals surface area contributed by atoms with E-state index in [1.54, 1.807) is 18.2 Å². The van der Waals surface area contributed by atoms with Gasteiger partial charge in [-0.2, -0.15) is 8.78 Å². The zero-order chi connectivity index (χ0) is 15.1. The summed E-state index contributed by atoms with van der Waals surface area (Å²) in [6.07, 6.45) is 0. The minimum atomic E-state index is -2.78. The van der Waals surface area contributed by atoms with Crippen LogP contribution in [0, 0.1) is 10.8 Å². The number of ether oxygens (including phenoxy) is 1. The minimum absolute atomic E-state index is 0.0993. The first-order chi connectivity index (χ1) is 9.16. The molecule has 1 aliphatic carbocycles. The number of nitrogens with one attached hydrogen (secondary N) is 1. The van der Waals surface area contributed by atoms with Crippen molar-refractivity contribution < 1.29 is 13.5 Å². The first kappa shape index (κ1) is 15.2. The van der Waals surface area contributed by atoms with Crippen LogP contribution in [0.4, 0.5) is 8.78 Å². The second-order valence-electron chi connectivity index (χ2n) is 6.72. The van der Waals surface area contributed by atoms with Gasteiger partial charge in [-0.3, -0.25) is 0 Å². The van der Waals surface area contributed by atoms with Crippen molar-refractivity contribution in [2.24, 2.45) is 10.8 Å². The molecule has 0 saturated heterocycles. The van der Waals surface area contributed by atoms with E-state index in [0.717, 1.165) is 5.56 Å². The van der Waals surface area contributed by atoms with Crippen LogP contribution in [0.5, 0.6) is 5.75 Å². The number of alkyl halides is 2. The minimum Gasteiger partial charge on any atom is -0.435 e. The molecule has 112 valence electrons. The topological polar surface area (TPSA) is 21.3 Å². The average molecular weight is 283 g/mol. The van der Waals surface area contributed by atoms with E-state index in [1.807, 2.05) is 13.0 Å². The average Bonchev–Trinajstić information content (AvgIpc) is 2.71. The summed E-state index contributed by atoms with van der Waals surface area (Å²) < 4.78 is 28.9. The fourth-order valence-electron chi connectivity index (χ4n) is 2.92. The number of rotatable bonds is 5. The Kier molecular flexibility index (Phi) is 3.80. The van der Waals surface area contributed by atoms with Crippen LogP contribution in [0.25, 0.3) is 0 Å². The second-order valence-corrected chi connectivity index (χ2v) is 6.72. The van der Waals surface area contributed by atoms with E-state index in [4.69, 9.17) is 0 Å². The van der Waals surface area contributed by atoms with E-state index in [0.29, 0.717) is 6.04 Å². The van der Waals surface area contributed by atoms with Crippen LogP contribution in [0.1, 0.15) is 46.2 Å². The highest BCUT2D eigenvalue weighted by atomic mass is 19.3. The van der Waals surface area contributed by atoms with Gasteiger partial charge in [-0.25, -0.2) is 0 Å². The molecule has 1 aromatic carbocycles. The standard InChI is InChI=1S/C16H23F2NO/c1-10(19-13-15(2,3)16(13,4)5)11-7-6-8-12(9-11)20-14(17)18/h6-10,13-14,19H,1-5H3. The predicted molar refractivity (Wildman–Crippen MR) is 76.0 cm³/mol. The number of hydrogen-bond donors (Lipinski definition) is 1. The molecule has 0 bridgehead atoms. The lowest BCUT2D eigenvalue weighted by atomic mass is 10.0. The maximum atomic E-state index is 12.2. The Balaban J connectivity index is 2.05. The van der Waals surface area contributed by atoms with Gasteiger partial charge in [0.2, 0.25) is 0 Å². The Morgan fingerprint density at radius 1 is 1.15 bits per heavy atom. The van der Waals surface area contributed by atoms with Gasteiger partial charge >= 0.3 is 6.61 Å². The lowest BCUT2D eigenvalue weighted by Crippen LogP contribution is -2.25. The summed E-state index contributed by atoms with van der Waals surface area (Å²) >= 11 is 0. The van der Waals surface area contributed by atoms with Crippen molar-refractivity contribution >= 4 is 0 Å². The van der Waals surface area contributed by atoms with Crippen molar-refractivity contribution in [1.29, 1.82) is 0 Å². The zero-order valence-corrected chi connectivity index (χ0v) is 12.7. The molecule has 0 aromatic heterocycles. The van der Waals surface area contributed by atoms with Gasteiger partial charge in [0, 0.05) is 12.1 Å². The highest BCUT2D eigenvalue weighted by molar-refractivity contribution is 5.31. The molecule has 20 heavy (non-hydrogen) atoms. The molecule has 2 rings (SSSR count). The van der Waals surface area contributed by atoms with E-state index in [1.165, 1.54) is 0 Å². The predicted octanol–water partition coefficient (Wildman–Crippen LogP) is 4.37. The normalized spacial score (nSPS) is 21.8. The maximum Gasteiger partial charge on any atom is 0.387 e. The Hall–Kier alpha value is -1.16. The van der Waals surface area contributed by atoms with Crippen LogP contribution in [0.15, 0.2) is 24.3 Å². The fourth-order valence-corrected chi connectivity index (χ4v) is 2.92. The van der Waals surface area contributed by atoms with E-state index >= 15 is 0 Å². The molecule has 0 radical (unpaired) electrons. The van der Waals surface area contributed by atoms with Gasteiger partial charge < -0.3 is 10.1 Å². The van der Waals surface area contributed by atoms with Gasteiger partial charge in [-0.1, -0.05) is 39.8 Å². The highest BCUT2D eigenvalue weighted by Gasteiger charge is 2.64. The number of hydrogen-bond acceptors (Lipinski definition) is 2. The largest absolute Gasteiger partial charge is 0.435 e.